The lowest BCUT2D eigenvalue weighted by Gasteiger charge is -2.09. The number of aliphatic hydroxyl groups excluding tert-OH is 1. The maximum atomic E-state index is 12.6. The van der Waals surface area contributed by atoms with Crippen molar-refractivity contribution in [3.05, 3.63) is 35.6 Å². The number of nitrogens with one attached hydrogen (secondary N) is 1. The lowest BCUT2D eigenvalue weighted by atomic mass is 10.1. The Bertz CT molecular complexity index is 324. The molecule has 0 aliphatic rings. The summed E-state index contributed by atoms with van der Waals surface area (Å²) < 4.78 is 12.6. The third kappa shape index (κ3) is 3.42. The van der Waals surface area contributed by atoms with E-state index >= 15 is 0 Å². The number of rotatable bonds is 5. The molecular weight excluding hydrogens is 197 g/mol. The van der Waals surface area contributed by atoms with Gasteiger partial charge in [0.2, 0.25) is 0 Å². The third-order valence-corrected chi connectivity index (χ3v) is 2.02. The van der Waals surface area contributed by atoms with Gasteiger partial charge in [0, 0.05) is 12.1 Å². The van der Waals surface area contributed by atoms with E-state index in [9.17, 15) is 14.3 Å². The van der Waals surface area contributed by atoms with Gasteiger partial charge in [-0.25, -0.2) is 4.39 Å². The van der Waals surface area contributed by atoms with E-state index in [1.165, 1.54) is 24.3 Å². The van der Waals surface area contributed by atoms with E-state index in [-0.39, 0.29) is 6.54 Å². The van der Waals surface area contributed by atoms with Crippen molar-refractivity contribution in [2.45, 2.75) is 13.0 Å². The predicted molar refractivity (Wildman–Crippen MR) is 55.3 cm³/mol. The molecule has 2 N–H and O–H groups in total. The summed E-state index contributed by atoms with van der Waals surface area (Å²) in [7, 11) is 0. The molecule has 0 radical (unpaired) electrons. The van der Waals surface area contributed by atoms with Crippen LogP contribution < -0.4 is 5.32 Å². The normalized spacial score (nSPS) is 12.5. The highest BCUT2D eigenvalue weighted by atomic mass is 19.1. The molecule has 15 heavy (non-hydrogen) atoms. The van der Waals surface area contributed by atoms with E-state index < -0.39 is 17.7 Å². The number of halogens is 1. The lowest BCUT2D eigenvalue weighted by molar-refractivity contribution is 0.0748. The molecule has 0 heterocycles. The Morgan fingerprint density at radius 2 is 2.07 bits per heavy atom. The van der Waals surface area contributed by atoms with Crippen LogP contribution in [0.2, 0.25) is 0 Å². The van der Waals surface area contributed by atoms with Crippen LogP contribution >= 0.6 is 0 Å². The molecule has 1 rings (SSSR count). The summed E-state index contributed by atoms with van der Waals surface area (Å²) in [6.45, 7) is 2.79. The number of aliphatic hydroxyl groups is 1. The molecule has 0 fully saturated rings. The van der Waals surface area contributed by atoms with Crippen molar-refractivity contribution in [3.8, 4) is 0 Å². The second-order valence-corrected chi connectivity index (χ2v) is 3.19. The molecule has 0 bridgehead atoms. The number of Topliss-reactive ketones (excluding diaryl/α,β-unsaturated/α-hetero) is 1. The third-order valence-electron chi connectivity index (χ3n) is 2.02. The molecule has 4 heteroatoms. The van der Waals surface area contributed by atoms with Crippen molar-refractivity contribution in [3.63, 3.8) is 0 Å². The zero-order chi connectivity index (χ0) is 11.3. The minimum absolute atomic E-state index is 0.215. The van der Waals surface area contributed by atoms with E-state index in [1.807, 2.05) is 6.92 Å². The minimum atomic E-state index is -1.07. The summed E-state index contributed by atoms with van der Waals surface area (Å²) in [6.07, 6.45) is -1.07. The lowest BCUT2D eigenvalue weighted by Crippen LogP contribution is -2.33. The summed E-state index contributed by atoms with van der Waals surface area (Å²) in [6, 6.07) is 5.14. The van der Waals surface area contributed by atoms with Gasteiger partial charge in [-0.3, -0.25) is 4.79 Å². The first-order chi connectivity index (χ1) is 7.15. The van der Waals surface area contributed by atoms with Crippen molar-refractivity contribution < 1.29 is 14.3 Å². The molecule has 1 aromatic rings. The minimum Gasteiger partial charge on any atom is -0.384 e. The van der Waals surface area contributed by atoms with Crippen LogP contribution in [0.1, 0.15) is 17.3 Å². The first-order valence-corrected chi connectivity index (χ1v) is 4.83. The topological polar surface area (TPSA) is 49.3 Å². The molecule has 0 aliphatic carbocycles. The summed E-state index contributed by atoms with van der Waals surface area (Å²) >= 11 is 0. The van der Waals surface area contributed by atoms with Crippen LogP contribution in [0.4, 0.5) is 4.39 Å². The molecule has 0 spiro atoms. The van der Waals surface area contributed by atoms with E-state index in [4.69, 9.17) is 0 Å². The van der Waals surface area contributed by atoms with Crippen LogP contribution in [0.5, 0.6) is 0 Å². The molecule has 1 aromatic carbocycles. The van der Waals surface area contributed by atoms with E-state index in [1.54, 1.807) is 0 Å². The highest BCUT2D eigenvalue weighted by molar-refractivity contribution is 5.99. The van der Waals surface area contributed by atoms with Gasteiger partial charge in [-0.1, -0.05) is 6.92 Å². The quantitative estimate of drug-likeness (QED) is 0.714. The van der Waals surface area contributed by atoms with Gasteiger partial charge in [-0.15, -0.1) is 0 Å². The first kappa shape index (κ1) is 11.8. The van der Waals surface area contributed by atoms with E-state index in [0.717, 1.165) is 0 Å². The fraction of sp³-hybridized carbons (Fsp3) is 0.364. The molecule has 0 saturated heterocycles. The average Bonchev–Trinajstić information content (AvgIpc) is 2.26. The Morgan fingerprint density at radius 3 is 2.60 bits per heavy atom. The maximum Gasteiger partial charge on any atom is 0.192 e. The summed E-state index contributed by atoms with van der Waals surface area (Å²) in [5.74, 6) is -0.788. The monoisotopic (exact) mass is 211 g/mol. The van der Waals surface area contributed by atoms with Crippen molar-refractivity contribution in [2.75, 3.05) is 13.1 Å². The Kier molecular flexibility index (Phi) is 4.39. The van der Waals surface area contributed by atoms with Crippen molar-refractivity contribution in [1.29, 1.82) is 0 Å². The first-order valence-electron chi connectivity index (χ1n) is 4.83. The second kappa shape index (κ2) is 5.58. The van der Waals surface area contributed by atoms with E-state index in [2.05, 4.69) is 5.32 Å². The highest BCUT2D eigenvalue weighted by Gasteiger charge is 2.16. The van der Waals surface area contributed by atoms with Crippen molar-refractivity contribution >= 4 is 5.78 Å². The number of carbonyl (C=O) groups is 1. The maximum absolute atomic E-state index is 12.6. The number of hydrogen-bond donors (Lipinski definition) is 2. The van der Waals surface area contributed by atoms with Crippen LogP contribution in [0, 0.1) is 5.82 Å². The molecule has 1 atom stereocenters. The fourth-order valence-electron chi connectivity index (χ4n) is 1.18. The predicted octanol–water partition coefficient (Wildman–Crippen LogP) is 0.979. The van der Waals surface area contributed by atoms with Gasteiger partial charge in [-0.05, 0) is 30.8 Å². The number of hydrogen-bond acceptors (Lipinski definition) is 3. The summed E-state index contributed by atoms with van der Waals surface area (Å²) in [4.78, 5) is 11.5. The van der Waals surface area contributed by atoms with Crippen molar-refractivity contribution in [2.24, 2.45) is 0 Å². The van der Waals surface area contributed by atoms with Crippen LogP contribution in [-0.2, 0) is 0 Å². The van der Waals surface area contributed by atoms with Gasteiger partial charge < -0.3 is 10.4 Å². The van der Waals surface area contributed by atoms with Gasteiger partial charge in [0.1, 0.15) is 11.9 Å². The number of ketones is 1. The fourth-order valence-corrected chi connectivity index (χ4v) is 1.18. The Labute approximate surface area is 87.9 Å². The van der Waals surface area contributed by atoms with Crippen LogP contribution in [-0.4, -0.2) is 30.1 Å². The molecule has 0 aromatic heterocycles. The van der Waals surface area contributed by atoms with Crippen molar-refractivity contribution in [1.82, 2.24) is 5.32 Å². The Hall–Kier alpha value is -1.26. The SMILES string of the molecule is CCNCC(O)C(=O)c1ccc(F)cc1. The molecule has 0 amide bonds. The smallest absolute Gasteiger partial charge is 0.192 e. The zero-order valence-electron chi connectivity index (χ0n) is 8.53. The number of benzene rings is 1. The average molecular weight is 211 g/mol. The van der Waals surface area contributed by atoms with E-state index in [0.29, 0.717) is 12.1 Å². The summed E-state index contributed by atoms with van der Waals surface area (Å²) in [5.41, 5.74) is 0.321. The van der Waals surface area contributed by atoms with Gasteiger partial charge in [0.25, 0.3) is 0 Å². The van der Waals surface area contributed by atoms with Gasteiger partial charge in [-0.2, -0.15) is 0 Å². The van der Waals surface area contributed by atoms with Crippen LogP contribution in [0.3, 0.4) is 0 Å². The molecule has 82 valence electrons. The number of likely N-dealkylation sites (N-methyl/N-ethyl adjacent to an activating group) is 1. The Balaban J connectivity index is 2.63. The standard InChI is InChI=1S/C11H14FNO2/c1-2-13-7-10(14)11(15)8-3-5-9(12)6-4-8/h3-6,10,13-14H,2,7H2,1H3. The molecular formula is C11H14FNO2. The van der Waals surface area contributed by atoms with Crippen LogP contribution in [0.15, 0.2) is 24.3 Å². The zero-order valence-corrected chi connectivity index (χ0v) is 8.53. The molecule has 1 unspecified atom stereocenters. The van der Waals surface area contributed by atoms with Gasteiger partial charge in [0.15, 0.2) is 5.78 Å². The molecule has 3 nitrogen and oxygen atoms in total. The summed E-state index contributed by atoms with van der Waals surface area (Å²) in [5, 5.41) is 12.3. The highest BCUT2D eigenvalue weighted by Crippen LogP contribution is 2.05. The molecule has 0 aliphatic heterocycles. The second-order valence-electron chi connectivity index (χ2n) is 3.19. The van der Waals surface area contributed by atoms with Crippen LogP contribution in [0.25, 0.3) is 0 Å². The Morgan fingerprint density at radius 1 is 1.47 bits per heavy atom. The van der Waals surface area contributed by atoms with Gasteiger partial charge in [0.05, 0.1) is 0 Å². The van der Waals surface area contributed by atoms with Gasteiger partial charge >= 0.3 is 0 Å². The largest absolute Gasteiger partial charge is 0.384 e. The number of carbonyl (C=O) groups excluding carboxylic acids is 1. The molecule has 0 saturated carbocycles.